The van der Waals surface area contributed by atoms with Gasteiger partial charge in [0.15, 0.2) is 0 Å². The summed E-state index contributed by atoms with van der Waals surface area (Å²) >= 11 is 0. The van der Waals surface area contributed by atoms with E-state index in [4.69, 9.17) is 0 Å². The Balaban J connectivity index is 2.13. The maximum atomic E-state index is 12.9. The molecular weight excluding hydrogens is 193 g/mol. The molecule has 0 aromatic heterocycles. The summed E-state index contributed by atoms with van der Waals surface area (Å²) in [5.41, 5.74) is 1.47. The van der Waals surface area contributed by atoms with Crippen molar-refractivity contribution in [1.29, 1.82) is 0 Å². The molecule has 0 saturated heterocycles. The Kier molecular flexibility index (Phi) is 2.71. The Hall–Kier alpha value is -1.38. The summed E-state index contributed by atoms with van der Waals surface area (Å²) in [7, 11) is 0. The van der Waals surface area contributed by atoms with E-state index in [0.717, 1.165) is 12.0 Å². The summed E-state index contributed by atoms with van der Waals surface area (Å²) in [5.74, 6) is 0.232. The molecule has 15 heavy (non-hydrogen) atoms. The van der Waals surface area contributed by atoms with Crippen LogP contribution in [0.15, 0.2) is 23.2 Å². The van der Waals surface area contributed by atoms with Gasteiger partial charge in [0, 0.05) is 11.8 Å². The van der Waals surface area contributed by atoms with Crippen molar-refractivity contribution in [3.8, 4) is 5.75 Å². The second kappa shape index (κ2) is 4.01. The van der Waals surface area contributed by atoms with E-state index < -0.39 is 6.17 Å². The second-order valence-electron chi connectivity index (χ2n) is 3.95. The SMILES string of the molecule is Cc1cccc(C=NC2CCC2F)c1O. The Labute approximate surface area is 88.5 Å². The van der Waals surface area contributed by atoms with Gasteiger partial charge in [-0.2, -0.15) is 0 Å². The number of aromatic hydroxyl groups is 1. The molecule has 2 rings (SSSR count). The number of nitrogens with zero attached hydrogens (tertiary/aromatic N) is 1. The lowest BCUT2D eigenvalue weighted by Crippen LogP contribution is -2.31. The normalized spacial score (nSPS) is 25.5. The van der Waals surface area contributed by atoms with Crippen molar-refractivity contribution in [2.45, 2.75) is 32.0 Å². The highest BCUT2D eigenvalue weighted by Crippen LogP contribution is 2.27. The van der Waals surface area contributed by atoms with Crippen LogP contribution in [0.5, 0.6) is 5.75 Å². The van der Waals surface area contributed by atoms with Crippen LogP contribution in [0.1, 0.15) is 24.0 Å². The van der Waals surface area contributed by atoms with E-state index in [1.165, 1.54) is 0 Å². The van der Waals surface area contributed by atoms with Gasteiger partial charge in [-0.25, -0.2) is 4.39 Å². The smallest absolute Gasteiger partial charge is 0.127 e. The first-order valence-corrected chi connectivity index (χ1v) is 5.14. The van der Waals surface area contributed by atoms with Gasteiger partial charge >= 0.3 is 0 Å². The van der Waals surface area contributed by atoms with Gasteiger partial charge in [0.2, 0.25) is 0 Å². The number of phenols is 1. The molecule has 0 radical (unpaired) electrons. The number of rotatable bonds is 2. The molecule has 2 unspecified atom stereocenters. The van der Waals surface area contributed by atoms with Crippen LogP contribution in [0, 0.1) is 6.92 Å². The number of alkyl halides is 1. The highest BCUT2D eigenvalue weighted by molar-refractivity contribution is 5.84. The lowest BCUT2D eigenvalue weighted by molar-refractivity contribution is 0.175. The predicted molar refractivity (Wildman–Crippen MR) is 58.4 cm³/mol. The number of hydrogen-bond donors (Lipinski definition) is 1. The first kappa shape index (κ1) is 10.1. The topological polar surface area (TPSA) is 32.6 Å². The fourth-order valence-corrected chi connectivity index (χ4v) is 1.57. The number of phenolic OH excluding ortho intramolecular Hbond substituents is 1. The minimum atomic E-state index is -0.798. The van der Waals surface area contributed by atoms with E-state index in [1.54, 1.807) is 12.3 Å². The number of aliphatic imine (C=N–C) groups is 1. The van der Waals surface area contributed by atoms with Crippen LogP contribution >= 0.6 is 0 Å². The molecule has 0 amide bonds. The summed E-state index contributed by atoms with van der Waals surface area (Å²) in [6.45, 7) is 1.83. The van der Waals surface area contributed by atoms with E-state index in [-0.39, 0.29) is 11.8 Å². The highest BCUT2D eigenvalue weighted by Gasteiger charge is 2.29. The van der Waals surface area contributed by atoms with Crippen molar-refractivity contribution in [1.82, 2.24) is 0 Å². The molecular formula is C12H14FNO. The van der Waals surface area contributed by atoms with E-state index >= 15 is 0 Å². The zero-order valence-electron chi connectivity index (χ0n) is 8.65. The van der Waals surface area contributed by atoms with Gasteiger partial charge in [0.05, 0.1) is 6.04 Å². The summed E-state index contributed by atoms with van der Waals surface area (Å²) in [6, 6.07) is 5.25. The van der Waals surface area contributed by atoms with Gasteiger partial charge in [-0.05, 0) is 31.4 Å². The Morgan fingerprint density at radius 2 is 2.27 bits per heavy atom. The third-order valence-corrected chi connectivity index (χ3v) is 2.83. The molecule has 1 saturated carbocycles. The number of para-hydroxylation sites is 1. The number of hydrogen-bond acceptors (Lipinski definition) is 2. The van der Waals surface area contributed by atoms with Crippen molar-refractivity contribution >= 4 is 6.21 Å². The van der Waals surface area contributed by atoms with Crippen molar-refractivity contribution in [2.24, 2.45) is 4.99 Å². The Morgan fingerprint density at radius 3 is 2.87 bits per heavy atom. The fourth-order valence-electron chi connectivity index (χ4n) is 1.57. The van der Waals surface area contributed by atoms with E-state index in [1.807, 2.05) is 19.1 Å². The molecule has 80 valence electrons. The standard InChI is InChI=1S/C12H14FNO/c1-8-3-2-4-9(12(8)15)7-14-11-6-5-10(11)13/h2-4,7,10-11,15H,5-6H2,1H3. The lowest BCUT2D eigenvalue weighted by Gasteiger charge is -2.26. The number of benzene rings is 1. The molecule has 0 bridgehead atoms. The maximum Gasteiger partial charge on any atom is 0.127 e. The van der Waals surface area contributed by atoms with E-state index in [0.29, 0.717) is 12.0 Å². The average molecular weight is 207 g/mol. The molecule has 0 spiro atoms. The van der Waals surface area contributed by atoms with Gasteiger partial charge in [-0.3, -0.25) is 4.99 Å². The molecule has 1 N–H and O–H groups in total. The van der Waals surface area contributed by atoms with Crippen LogP contribution < -0.4 is 0 Å². The minimum Gasteiger partial charge on any atom is -0.507 e. The molecule has 2 nitrogen and oxygen atoms in total. The van der Waals surface area contributed by atoms with Gasteiger partial charge < -0.3 is 5.11 Å². The lowest BCUT2D eigenvalue weighted by atomic mass is 9.91. The van der Waals surface area contributed by atoms with Crippen molar-refractivity contribution in [2.75, 3.05) is 0 Å². The Morgan fingerprint density at radius 1 is 1.47 bits per heavy atom. The van der Waals surface area contributed by atoms with Crippen molar-refractivity contribution < 1.29 is 9.50 Å². The third kappa shape index (κ3) is 2.01. The molecule has 1 aliphatic rings. The van der Waals surface area contributed by atoms with Crippen molar-refractivity contribution in [3.63, 3.8) is 0 Å². The van der Waals surface area contributed by atoms with Crippen molar-refractivity contribution in [3.05, 3.63) is 29.3 Å². The highest BCUT2D eigenvalue weighted by atomic mass is 19.1. The zero-order valence-corrected chi connectivity index (χ0v) is 8.65. The van der Waals surface area contributed by atoms with Crippen LogP contribution in [-0.2, 0) is 0 Å². The van der Waals surface area contributed by atoms with E-state index in [2.05, 4.69) is 4.99 Å². The molecule has 1 aromatic carbocycles. The zero-order chi connectivity index (χ0) is 10.8. The fraction of sp³-hybridized carbons (Fsp3) is 0.417. The summed E-state index contributed by atoms with van der Waals surface area (Å²) < 4.78 is 12.9. The molecule has 1 aliphatic carbocycles. The Bertz CT molecular complexity index is 389. The summed E-state index contributed by atoms with van der Waals surface area (Å²) in [4.78, 5) is 4.12. The summed E-state index contributed by atoms with van der Waals surface area (Å²) in [5, 5.41) is 9.68. The minimum absolute atomic E-state index is 0.204. The average Bonchev–Trinajstić information content (AvgIpc) is 2.22. The predicted octanol–water partition coefficient (Wildman–Crippen LogP) is 2.62. The third-order valence-electron chi connectivity index (χ3n) is 2.83. The first-order valence-electron chi connectivity index (χ1n) is 5.14. The van der Waals surface area contributed by atoms with Crippen LogP contribution in [0.2, 0.25) is 0 Å². The maximum absolute atomic E-state index is 12.9. The molecule has 1 aromatic rings. The van der Waals surface area contributed by atoms with Gasteiger partial charge in [0.25, 0.3) is 0 Å². The molecule has 1 fully saturated rings. The largest absolute Gasteiger partial charge is 0.507 e. The summed E-state index contributed by atoms with van der Waals surface area (Å²) in [6.07, 6.45) is 2.19. The molecule has 3 heteroatoms. The molecule has 0 heterocycles. The second-order valence-corrected chi connectivity index (χ2v) is 3.95. The number of aryl methyl sites for hydroxylation is 1. The van der Waals surface area contributed by atoms with Gasteiger partial charge in [0.1, 0.15) is 11.9 Å². The number of halogens is 1. The monoisotopic (exact) mass is 207 g/mol. The first-order chi connectivity index (χ1) is 7.18. The van der Waals surface area contributed by atoms with Gasteiger partial charge in [-0.1, -0.05) is 12.1 Å². The molecule has 0 aliphatic heterocycles. The van der Waals surface area contributed by atoms with Crippen LogP contribution in [0.4, 0.5) is 4.39 Å². The quantitative estimate of drug-likeness (QED) is 0.743. The molecule has 2 atom stereocenters. The van der Waals surface area contributed by atoms with E-state index in [9.17, 15) is 9.50 Å². The van der Waals surface area contributed by atoms with Gasteiger partial charge in [-0.15, -0.1) is 0 Å². The van der Waals surface area contributed by atoms with Crippen LogP contribution in [0.3, 0.4) is 0 Å². The van der Waals surface area contributed by atoms with Crippen LogP contribution in [0.25, 0.3) is 0 Å². The van der Waals surface area contributed by atoms with Crippen LogP contribution in [-0.4, -0.2) is 23.5 Å².